The molecular formula is C8H8Cl4O2SSi. The number of aryl methyl sites for hydroxylation is 1. The van der Waals surface area contributed by atoms with E-state index in [4.69, 9.17) is 43.9 Å². The van der Waals surface area contributed by atoms with Crippen LogP contribution in [0.2, 0.25) is 6.04 Å². The zero-order chi connectivity index (χ0) is 12.4. The van der Waals surface area contributed by atoms with Crippen molar-refractivity contribution in [3.05, 3.63) is 29.8 Å². The molecule has 16 heavy (non-hydrogen) atoms. The summed E-state index contributed by atoms with van der Waals surface area (Å²) >= 11 is 17.2. The summed E-state index contributed by atoms with van der Waals surface area (Å²) in [5.41, 5.74) is 0.580. The molecule has 0 aliphatic carbocycles. The van der Waals surface area contributed by atoms with E-state index in [9.17, 15) is 8.42 Å². The molecule has 90 valence electrons. The SMILES string of the molecule is O=S(=O)(Cl)c1ccccc1CC[Si](Cl)(Cl)Cl. The normalized spacial score (nSPS) is 12.8. The van der Waals surface area contributed by atoms with Gasteiger partial charge in [-0.3, -0.25) is 0 Å². The third-order valence-corrected chi connectivity index (χ3v) is 5.85. The molecule has 0 unspecified atom stereocenters. The number of hydrogen-bond acceptors (Lipinski definition) is 2. The van der Waals surface area contributed by atoms with Gasteiger partial charge in [0.15, 0.2) is 0 Å². The third kappa shape index (κ3) is 4.81. The standard InChI is InChI=1S/C8H8Cl4O2SSi/c9-15(13,14)8-4-2-1-3-7(8)5-6-16(10,11)12/h1-4H,5-6H2. The van der Waals surface area contributed by atoms with Crippen LogP contribution in [0, 0.1) is 0 Å². The van der Waals surface area contributed by atoms with Crippen molar-refractivity contribution < 1.29 is 8.42 Å². The van der Waals surface area contributed by atoms with Crippen LogP contribution in [0.3, 0.4) is 0 Å². The second-order valence-electron chi connectivity index (χ2n) is 3.16. The molecule has 0 aliphatic heterocycles. The first-order valence-electron chi connectivity index (χ1n) is 4.29. The van der Waals surface area contributed by atoms with Crippen molar-refractivity contribution in [3.63, 3.8) is 0 Å². The molecule has 1 aromatic carbocycles. The Labute approximate surface area is 114 Å². The van der Waals surface area contributed by atoms with Gasteiger partial charge in [-0.25, -0.2) is 8.42 Å². The fraction of sp³-hybridized carbons (Fsp3) is 0.250. The van der Waals surface area contributed by atoms with Gasteiger partial charge in [0.05, 0.1) is 4.90 Å². The van der Waals surface area contributed by atoms with Crippen molar-refractivity contribution in [2.45, 2.75) is 17.4 Å². The lowest BCUT2D eigenvalue weighted by Gasteiger charge is -2.09. The van der Waals surface area contributed by atoms with Crippen molar-refractivity contribution in [2.75, 3.05) is 0 Å². The van der Waals surface area contributed by atoms with E-state index in [0.29, 0.717) is 18.0 Å². The molecule has 0 fully saturated rings. The first-order chi connectivity index (χ1) is 7.20. The van der Waals surface area contributed by atoms with Crippen LogP contribution in [0.5, 0.6) is 0 Å². The molecular weight excluding hydrogens is 330 g/mol. The number of benzene rings is 1. The van der Waals surface area contributed by atoms with E-state index in [0.717, 1.165) is 0 Å². The Morgan fingerprint density at radius 2 is 1.69 bits per heavy atom. The molecule has 0 amide bonds. The van der Waals surface area contributed by atoms with Crippen LogP contribution >= 0.6 is 43.9 Å². The molecule has 1 rings (SSSR count). The van der Waals surface area contributed by atoms with E-state index in [1.165, 1.54) is 6.07 Å². The molecule has 0 atom stereocenters. The summed E-state index contributed by atoms with van der Waals surface area (Å²) in [5, 5.41) is 0. The van der Waals surface area contributed by atoms with Crippen LogP contribution in [0.25, 0.3) is 0 Å². The van der Waals surface area contributed by atoms with Crippen molar-refractivity contribution >= 4 is 59.0 Å². The third-order valence-electron chi connectivity index (χ3n) is 1.91. The summed E-state index contributed by atoms with van der Waals surface area (Å²) in [6.45, 7) is 0. The lowest BCUT2D eigenvalue weighted by molar-refractivity contribution is 0.608. The predicted molar refractivity (Wildman–Crippen MR) is 71.3 cm³/mol. The average Bonchev–Trinajstić information content (AvgIpc) is 2.12. The molecule has 0 spiro atoms. The summed E-state index contributed by atoms with van der Waals surface area (Å²) in [4.78, 5) is 0.0833. The van der Waals surface area contributed by atoms with Gasteiger partial charge in [0, 0.05) is 10.7 Å². The fourth-order valence-electron chi connectivity index (χ4n) is 1.22. The van der Waals surface area contributed by atoms with E-state index >= 15 is 0 Å². The Morgan fingerprint density at radius 1 is 1.12 bits per heavy atom. The Kier molecular flexibility index (Phi) is 4.98. The molecule has 0 bridgehead atoms. The lowest BCUT2D eigenvalue weighted by Crippen LogP contribution is -2.11. The second kappa shape index (κ2) is 5.46. The van der Waals surface area contributed by atoms with Crippen molar-refractivity contribution in [1.29, 1.82) is 0 Å². The average molecular weight is 338 g/mol. The summed E-state index contributed by atoms with van der Waals surface area (Å²) in [7, 11) is 1.56. The van der Waals surface area contributed by atoms with E-state index in [-0.39, 0.29) is 4.90 Å². The van der Waals surface area contributed by atoms with E-state index in [2.05, 4.69) is 0 Å². The van der Waals surface area contributed by atoms with Crippen LogP contribution < -0.4 is 0 Å². The van der Waals surface area contributed by atoms with Gasteiger partial charge in [-0.1, -0.05) is 18.2 Å². The molecule has 0 saturated carbocycles. The summed E-state index contributed by atoms with van der Waals surface area (Å²) in [6, 6.07) is 4.05. The largest absolute Gasteiger partial charge is 0.341 e. The van der Waals surface area contributed by atoms with Crippen molar-refractivity contribution in [3.8, 4) is 0 Å². The van der Waals surface area contributed by atoms with Crippen LogP contribution in [0.4, 0.5) is 0 Å². The van der Waals surface area contributed by atoms with Gasteiger partial charge in [0.2, 0.25) is 0 Å². The van der Waals surface area contributed by atoms with E-state index in [1.807, 2.05) is 0 Å². The molecule has 0 aromatic heterocycles. The minimum atomic E-state index is -3.74. The molecule has 1 aromatic rings. The maximum Gasteiger partial charge on any atom is 0.341 e. The molecule has 0 radical (unpaired) electrons. The van der Waals surface area contributed by atoms with Crippen LogP contribution in [-0.4, -0.2) is 14.4 Å². The van der Waals surface area contributed by atoms with Crippen molar-refractivity contribution in [1.82, 2.24) is 0 Å². The van der Waals surface area contributed by atoms with E-state index < -0.39 is 15.1 Å². The molecule has 0 N–H and O–H groups in total. The first-order valence-corrected chi connectivity index (χ1v) is 11.8. The van der Waals surface area contributed by atoms with E-state index in [1.54, 1.807) is 18.2 Å². The smallest absolute Gasteiger partial charge is 0.207 e. The van der Waals surface area contributed by atoms with Gasteiger partial charge >= 0.3 is 6.00 Å². The Morgan fingerprint density at radius 3 is 2.19 bits per heavy atom. The zero-order valence-electron chi connectivity index (χ0n) is 7.96. The second-order valence-corrected chi connectivity index (χ2v) is 15.0. The summed E-state index contributed by atoms with van der Waals surface area (Å²) < 4.78 is 22.5. The number of rotatable bonds is 4. The summed E-state index contributed by atoms with van der Waals surface area (Å²) in [5.74, 6) is 0. The molecule has 0 heterocycles. The Hall–Kier alpha value is 0.547. The highest BCUT2D eigenvalue weighted by atomic mass is 35.8. The lowest BCUT2D eigenvalue weighted by atomic mass is 10.2. The maximum atomic E-state index is 11.3. The van der Waals surface area contributed by atoms with Gasteiger partial charge < -0.3 is 0 Å². The number of halogens is 4. The van der Waals surface area contributed by atoms with Crippen LogP contribution in [-0.2, 0) is 15.5 Å². The first kappa shape index (κ1) is 14.6. The molecule has 2 nitrogen and oxygen atoms in total. The highest BCUT2D eigenvalue weighted by Crippen LogP contribution is 2.29. The number of hydrogen-bond donors (Lipinski definition) is 0. The Bertz CT molecular complexity index is 469. The van der Waals surface area contributed by atoms with Gasteiger partial charge in [0.25, 0.3) is 9.05 Å². The minimum Gasteiger partial charge on any atom is -0.207 e. The minimum absolute atomic E-state index is 0.0833. The fourth-order valence-corrected chi connectivity index (χ4v) is 3.80. The highest BCUT2D eigenvalue weighted by Gasteiger charge is 2.25. The zero-order valence-corrected chi connectivity index (χ0v) is 12.8. The molecule has 8 heteroatoms. The van der Waals surface area contributed by atoms with Gasteiger partial charge in [-0.05, 0) is 24.1 Å². The highest BCUT2D eigenvalue weighted by molar-refractivity contribution is 8.13. The maximum absolute atomic E-state index is 11.3. The van der Waals surface area contributed by atoms with Crippen molar-refractivity contribution in [2.24, 2.45) is 0 Å². The molecule has 0 aliphatic rings. The summed E-state index contributed by atoms with van der Waals surface area (Å²) in [6.07, 6.45) is 0.394. The van der Waals surface area contributed by atoms with Gasteiger partial charge in [-0.15, -0.1) is 33.2 Å². The predicted octanol–water partition coefficient (Wildman–Crippen LogP) is 3.81. The van der Waals surface area contributed by atoms with Gasteiger partial charge in [0.1, 0.15) is 0 Å². The van der Waals surface area contributed by atoms with Gasteiger partial charge in [-0.2, -0.15) is 0 Å². The quantitative estimate of drug-likeness (QED) is 0.475. The van der Waals surface area contributed by atoms with Crippen LogP contribution in [0.1, 0.15) is 5.56 Å². The molecule has 0 saturated heterocycles. The van der Waals surface area contributed by atoms with Crippen LogP contribution in [0.15, 0.2) is 29.2 Å². The topological polar surface area (TPSA) is 34.1 Å². The Balaban J connectivity index is 2.97. The monoisotopic (exact) mass is 336 g/mol.